The Morgan fingerprint density at radius 3 is 2.76 bits per heavy atom. The van der Waals surface area contributed by atoms with Gasteiger partial charge in [0.05, 0.1) is 18.3 Å². The second-order valence-electron chi connectivity index (χ2n) is 4.50. The molecule has 0 atom stereocenters. The number of nitrogens with zero attached hydrogens (tertiary/aromatic N) is 3. The molecule has 0 radical (unpaired) electrons. The molecule has 0 spiro atoms. The van der Waals surface area contributed by atoms with Gasteiger partial charge in [0, 0.05) is 5.39 Å². The zero-order valence-corrected chi connectivity index (χ0v) is 9.67. The first-order chi connectivity index (χ1) is 8.34. The third-order valence-electron chi connectivity index (χ3n) is 3.29. The van der Waals surface area contributed by atoms with Gasteiger partial charge in [0.15, 0.2) is 0 Å². The molecule has 17 heavy (non-hydrogen) atoms. The summed E-state index contributed by atoms with van der Waals surface area (Å²) < 4.78 is 1.56. The molecule has 0 aliphatic carbocycles. The summed E-state index contributed by atoms with van der Waals surface area (Å²) in [7, 11) is 0. The molecule has 1 saturated heterocycles. The first-order valence-electron chi connectivity index (χ1n) is 6.02. The van der Waals surface area contributed by atoms with Gasteiger partial charge < -0.3 is 0 Å². The van der Waals surface area contributed by atoms with Crippen molar-refractivity contribution in [1.82, 2.24) is 14.7 Å². The van der Waals surface area contributed by atoms with E-state index in [1.807, 2.05) is 24.3 Å². The van der Waals surface area contributed by atoms with Crippen LogP contribution in [0, 0.1) is 0 Å². The Morgan fingerprint density at radius 2 is 1.94 bits per heavy atom. The second kappa shape index (κ2) is 4.30. The van der Waals surface area contributed by atoms with E-state index in [1.165, 1.54) is 12.8 Å². The number of fused-ring (bicyclic) bond motifs is 1. The van der Waals surface area contributed by atoms with Crippen molar-refractivity contribution < 1.29 is 0 Å². The monoisotopic (exact) mass is 229 g/mol. The van der Waals surface area contributed by atoms with Crippen LogP contribution in [0.3, 0.4) is 0 Å². The maximum atomic E-state index is 12.2. The molecule has 4 heteroatoms. The number of aromatic nitrogens is 2. The van der Waals surface area contributed by atoms with E-state index in [1.54, 1.807) is 10.9 Å². The van der Waals surface area contributed by atoms with E-state index in [4.69, 9.17) is 0 Å². The summed E-state index contributed by atoms with van der Waals surface area (Å²) in [6, 6.07) is 7.60. The largest absolute Gasteiger partial charge is 0.284 e. The van der Waals surface area contributed by atoms with Crippen LogP contribution >= 0.6 is 0 Å². The molecule has 2 heterocycles. The lowest BCUT2D eigenvalue weighted by Crippen LogP contribution is -2.32. The number of rotatable bonds is 2. The molecule has 3 rings (SSSR count). The van der Waals surface area contributed by atoms with E-state index in [-0.39, 0.29) is 5.56 Å². The van der Waals surface area contributed by atoms with Crippen LogP contribution in [0.2, 0.25) is 0 Å². The average Bonchev–Trinajstić information content (AvgIpc) is 2.86. The minimum absolute atomic E-state index is 0.00926. The molecule has 4 nitrogen and oxygen atoms in total. The predicted molar refractivity (Wildman–Crippen MR) is 66.8 cm³/mol. The molecule has 1 aliphatic rings. The maximum absolute atomic E-state index is 12.2. The third-order valence-corrected chi connectivity index (χ3v) is 3.29. The summed E-state index contributed by atoms with van der Waals surface area (Å²) in [5, 5.41) is 5.90. The second-order valence-corrected chi connectivity index (χ2v) is 4.50. The summed E-state index contributed by atoms with van der Waals surface area (Å²) in [5.41, 5.74) is 0.00926. The highest BCUT2D eigenvalue weighted by atomic mass is 16.1. The number of hydrogen-bond acceptors (Lipinski definition) is 3. The standard InChI is InChI=1S/C13H15N3O/c17-13-12-6-2-1-5-11(12)9-14-16(13)10-15-7-3-4-8-15/h1-2,5-6,9H,3-4,7-8,10H2. The van der Waals surface area contributed by atoms with E-state index < -0.39 is 0 Å². The smallest absolute Gasteiger partial charge is 0.275 e. The van der Waals surface area contributed by atoms with Crippen molar-refractivity contribution in [3.05, 3.63) is 40.8 Å². The van der Waals surface area contributed by atoms with Gasteiger partial charge in [-0.25, -0.2) is 4.68 Å². The Labute approximate surface area is 99.5 Å². The van der Waals surface area contributed by atoms with Gasteiger partial charge in [0.2, 0.25) is 0 Å². The number of likely N-dealkylation sites (tertiary alicyclic amines) is 1. The molecule has 0 saturated carbocycles. The van der Waals surface area contributed by atoms with Crippen LogP contribution < -0.4 is 5.56 Å². The van der Waals surface area contributed by atoms with Crippen molar-refractivity contribution in [3.63, 3.8) is 0 Å². The third kappa shape index (κ3) is 1.96. The lowest BCUT2D eigenvalue weighted by Gasteiger charge is -2.15. The van der Waals surface area contributed by atoms with Gasteiger partial charge in [-0.2, -0.15) is 5.10 Å². The fourth-order valence-electron chi connectivity index (χ4n) is 2.34. The molecule has 1 fully saturated rings. The molecule has 0 bridgehead atoms. The molecule has 0 unspecified atom stereocenters. The van der Waals surface area contributed by atoms with Crippen molar-refractivity contribution in [2.75, 3.05) is 13.1 Å². The van der Waals surface area contributed by atoms with E-state index in [2.05, 4.69) is 10.00 Å². The summed E-state index contributed by atoms with van der Waals surface area (Å²) >= 11 is 0. The summed E-state index contributed by atoms with van der Waals surface area (Å²) in [4.78, 5) is 14.5. The topological polar surface area (TPSA) is 38.1 Å². The lowest BCUT2D eigenvalue weighted by molar-refractivity contribution is 0.250. The van der Waals surface area contributed by atoms with Gasteiger partial charge >= 0.3 is 0 Å². The highest BCUT2D eigenvalue weighted by Gasteiger charge is 2.13. The van der Waals surface area contributed by atoms with Crippen molar-refractivity contribution in [2.24, 2.45) is 0 Å². The van der Waals surface area contributed by atoms with Crippen molar-refractivity contribution in [3.8, 4) is 0 Å². The minimum atomic E-state index is 0.00926. The Bertz CT molecular complexity index is 584. The van der Waals surface area contributed by atoms with E-state index in [0.717, 1.165) is 23.9 Å². The molecule has 1 aromatic carbocycles. The zero-order valence-electron chi connectivity index (χ0n) is 9.67. The molecular formula is C13H15N3O. The normalized spacial score (nSPS) is 16.7. The Kier molecular flexibility index (Phi) is 2.65. The number of benzene rings is 1. The van der Waals surface area contributed by atoms with Crippen LogP contribution in [-0.2, 0) is 6.67 Å². The highest BCUT2D eigenvalue weighted by Crippen LogP contribution is 2.09. The molecule has 1 aromatic heterocycles. The summed E-state index contributed by atoms with van der Waals surface area (Å²) in [5.74, 6) is 0. The van der Waals surface area contributed by atoms with Gasteiger partial charge in [-0.05, 0) is 32.0 Å². The van der Waals surface area contributed by atoms with Crippen LogP contribution in [0.4, 0.5) is 0 Å². The van der Waals surface area contributed by atoms with Gasteiger partial charge in [-0.1, -0.05) is 18.2 Å². The van der Waals surface area contributed by atoms with Crippen LogP contribution in [0.25, 0.3) is 10.8 Å². The van der Waals surface area contributed by atoms with E-state index in [9.17, 15) is 4.79 Å². The van der Waals surface area contributed by atoms with Crippen LogP contribution in [0.15, 0.2) is 35.3 Å². The fraction of sp³-hybridized carbons (Fsp3) is 0.385. The molecule has 2 aromatic rings. The summed E-state index contributed by atoms with van der Waals surface area (Å²) in [6.07, 6.45) is 4.22. The van der Waals surface area contributed by atoms with Crippen LogP contribution in [0.1, 0.15) is 12.8 Å². The molecule has 0 N–H and O–H groups in total. The van der Waals surface area contributed by atoms with Crippen molar-refractivity contribution in [1.29, 1.82) is 0 Å². The quantitative estimate of drug-likeness (QED) is 0.782. The Hall–Kier alpha value is -1.68. The molecular weight excluding hydrogens is 214 g/mol. The first kappa shape index (κ1) is 10.5. The highest BCUT2D eigenvalue weighted by molar-refractivity contribution is 5.80. The fourth-order valence-corrected chi connectivity index (χ4v) is 2.34. The first-order valence-corrected chi connectivity index (χ1v) is 6.02. The van der Waals surface area contributed by atoms with Crippen molar-refractivity contribution >= 4 is 10.8 Å². The van der Waals surface area contributed by atoms with Crippen molar-refractivity contribution in [2.45, 2.75) is 19.5 Å². The molecule has 88 valence electrons. The van der Waals surface area contributed by atoms with E-state index >= 15 is 0 Å². The van der Waals surface area contributed by atoms with Crippen LogP contribution in [-0.4, -0.2) is 27.8 Å². The van der Waals surface area contributed by atoms with Gasteiger partial charge in [-0.15, -0.1) is 0 Å². The predicted octanol–water partition coefficient (Wildman–Crippen LogP) is 1.45. The summed E-state index contributed by atoms with van der Waals surface area (Å²) in [6.45, 7) is 2.76. The Morgan fingerprint density at radius 1 is 1.18 bits per heavy atom. The Balaban J connectivity index is 1.99. The van der Waals surface area contributed by atoms with Gasteiger partial charge in [0.1, 0.15) is 0 Å². The van der Waals surface area contributed by atoms with E-state index in [0.29, 0.717) is 6.67 Å². The zero-order chi connectivity index (χ0) is 11.7. The lowest BCUT2D eigenvalue weighted by atomic mass is 10.2. The van der Waals surface area contributed by atoms with Gasteiger partial charge in [0.25, 0.3) is 5.56 Å². The SMILES string of the molecule is O=c1c2ccccc2cnn1CN1CCCC1. The maximum Gasteiger partial charge on any atom is 0.275 e. The average molecular weight is 229 g/mol. The minimum Gasteiger partial charge on any atom is -0.284 e. The molecule has 0 amide bonds. The molecule has 1 aliphatic heterocycles. The van der Waals surface area contributed by atoms with Crippen LogP contribution in [0.5, 0.6) is 0 Å². The number of hydrogen-bond donors (Lipinski definition) is 0. The van der Waals surface area contributed by atoms with Gasteiger partial charge in [-0.3, -0.25) is 9.69 Å².